The highest BCUT2D eigenvalue weighted by molar-refractivity contribution is 7.91. The zero-order chi connectivity index (χ0) is 22.6. The van der Waals surface area contributed by atoms with Crippen molar-refractivity contribution in [1.82, 2.24) is 4.90 Å². The van der Waals surface area contributed by atoms with Gasteiger partial charge in [0.15, 0.2) is 9.84 Å². The van der Waals surface area contributed by atoms with Crippen LogP contribution in [-0.2, 0) is 16.4 Å². The molecular formula is C26H29NO4S. The summed E-state index contributed by atoms with van der Waals surface area (Å²) in [4.78, 5) is 15.3. The summed E-state index contributed by atoms with van der Waals surface area (Å²) in [5.41, 5.74) is 1.55. The van der Waals surface area contributed by atoms with E-state index in [2.05, 4.69) is 6.92 Å². The summed E-state index contributed by atoms with van der Waals surface area (Å²) in [6.45, 7) is 3.13. The van der Waals surface area contributed by atoms with E-state index in [1.807, 2.05) is 54.6 Å². The predicted molar refractivity (Wildman–Crippen MR) is 128 cm³/mol. The standard InChI is InChI=1S/C26H29NO4S/c1-2-3-16-31-24-13-11-21(12-14-24)26(28)27(23-15-17-32(29,30)19-23)18-22-9-6-8-20-7-4-5-10-25(20)22/h4-14,23H,2-3,15-19H2,1H3/t23-/m0/s1. The lowest BCUT2D eigenvalue weighted by Gasteiger charge is -2.29. The molecule has 0 aliphatic carbocycles. The van der Waals surface area contributed by atoms with Crippen molar-refractivity contribution in [3.63, 3.8) is 0 Å². The first-order valence-electron chi connectivity index (χ1n) is 11.2. The molecule has 1 aliphatic heterocycles. The van der Waals surface area contributed by atoms with Gasteiger partial charge in [-0.1, -0.05) is 55.8 Å². The number of carbonyl (C=O) groups is 1. The summed E-state index contributed by atoms with van der Waals surface area (Å²) in [6, 6.07) is 20.9. The van der Waals surface area contributed by atoms with Crippen molar-refractivity contribution in [2.24, 2.45) is 0 Å². The van der Waals surface area contributed by atoms with Gasteiger partial charge in [0.1, 0.15) is 5.75 Å². The van der Waals surface area contributed by atoms with Gasteiger partial charge in [-0.25, -0.2) is 8.42 Å². The maximum atomic E-state index is 13.5. The summed E-state index contributed by atoms with van der Waals surface area (Å²) in [5, 5.41) is 2.18. The molecule has 1 atom stereocenters. The molecule has 3 aromatic carbocycles. The van der Waals surface area contributed by atoms with Crippen LogP contribution in [0, 0.1) is 0 Å². The van der Waals surface area contributed by atoms with Gasteiger partial charge in [0, 0.05) is 18.2 Å². The number of carbonyl (C=O) groups excluding carboxylic acids is 1. The number of rotatable bonds is 8. The highest BCUT2D eigenvalue weighted by atomic mass is 32.2. The number of hydrogen-bond donors (Lipinski definition) is 0. The van der Waals surface area contributed by atoms with Gasteiger partial charge in [0.25, 0.3) is 5.91 Å². The summed E-state index contributed by atoms with van der Waals surface area (Å²) in [7, 11) is -3.12. The Kier molecular flexibility index (Phi) is 6.80. The fourth-order valence-corrected chi connectivity index (χ4v) is 5.93. The first-order valence-corrected chi connectivity index (χ1v) is 13.0. The van der Waals surface area contributed by atoms with Crippen LogP contribution in [0.25, 0.3) is 10.8 Å². The minimum Gasteiger partial charge on any atom is -0.494 e. The van der Waals surface area contributed by atoms with Gasteiger partial charge in [-0.15, -0.1) is 0 Å². The number of sulfone groups is 1. The fourth-order valence-electron chi connectivity index (χ4n) is 4.20. The van der Waals surface area contributed by atoms with E-state index in [0.29, 0.717) is 25.1 Å². The van der Waals surface area contributed by atoms with Crippen LogP contribution in [0.5, 0.6) is 5.75 Å². The molecule has 0 N–H and O–H groups in total. The summed E-state index contributed by atoms with van der Waals surface area (Å²) >= 11 is 0. The van der Waals surface area contributed by atoms with Crippen molar-refractivity contribution in [3.8, 4) is 5.75 Å². The molecule has 1 aliphatic rings. The minimum absolute atomic E-state index is 0.0156. The molecule has 1 saturated heterocycles. The van der Waals surface area contributed by atoms with Crippen molar-refractivity contribution in [1.29, 1.82) is 0 Å². The number of hydrogen-bond acceptors (Lipinski definition) is 4. The Hall–Kier alpha value is -2.86. The lowest BCUT2D eigenvalue weighted by atomic mass is 10.0. The molecule has 0 spiro atoms. The van der Waals surface area contributed by atoms with Gasteiger partial charge in [0.05, 0.1) is 18.1 Å². The predicted octanol–water partition coefficient (Wildman–Crippen LogP) is 4.85. The monoisotopic (exact) mass is 451 g/mol. The van der Waals surface area contributed by atoms with Crippen LogP contribution in [0.15, 0.2) is 66.7 Å². The molecule has 1 fully saturated rings. The number of amides is 1. The number of nitrogens with zero attached hydrogens (tertiary/aromatic N) is 1. The third-order valence-electron chi connectivity index (χ3n) is 6.00. The molecule has 1 heterocycles. The van der Waals surface area contributed by atoms with Crippen LogP contribution < -0.4 is 4.74 Å². The lowest BCUT2D eigenvalue weighted by Crippen LogP contribution is -2.40. The van der Waals surface area contributed by atoms with Crippen LogP contribution in [-0.4, -0.2) is 43.4 Å². The Bertz CT molecular complexity index is 1180. The molecule has 6 heteroatoms. The van der Waals surface area contributed by atoms with Gasteiger partial charge in [-0.3, -0.25) is 4.79 Å². The van der Waals surface area contributed by atoms with E-state index in [0.717, 1.165) is 34.9 Å². The van der Waals surface area contributed by atoms with Gasteiger partial charge < -0.3 is 9.64 Å². The summed E-state index contributed by atoms with van der Waals surface area (Å²) in [6.07, 6.45) is 2.51. The quantitative estimate of drug-likeness (QED) is 0.460. The zero-order valence-electron chi connectivity index (χ0n) is 18.4. The van der Waals surface area contributed by atoms with E-state index < -0.39 is 9.84 Å². The van der Waals surface area contributed by atoms with Gasteiger partial charge in [-0.05, 0) is 53.4 Å². The van der Waals surface area contributed by atoms with Gasteiger partial charge in [-0.2, -0.15) is 0 Å². The molecule has 3 aromatic rings. The molecule has 5 nitrogen and oxygen atoms in total. The Morgan fingerprint density at radius 1 is 1.03 bits per heavy atom. The van der Waals surface area contributed by atoms with Crippen molar-refractivity contribution < 1.29 is 17.9 Å². The number of ether oxygens (including phenoxy) is 1. The maximum absolute atomic E-state index is 13.5. The molecule has 0 radical (unpaired) electrons. The van der Waals surface area contributed by atoms with Gasteiger partial charge >= 0.3 is 0 Å². The van der Waals surface area contributed by atoms with Crippen molar-refractivity contribution >= 4 is 26.5 Å². The number of fused-ring (bicyclic) bond motifs is 1. The Balaban J connectivity index is 1.61. The second-order valence-corrected chi connectivity index (χ2v) is 10.6. The number of unbranched alkanes of at least 4 members (excludes halogenated alkanes) is 1. The maximum Gasteiger partial charge on any atom is 0.254 e. The van der Waals surface area contributed by atoms with Crippen LogP contribution in [0.2, 0.25) is 0 Å². The molecule has 0 saturated carbocycles. The molecule has 0 unspecified atom stereocenters. The zero-order valence-corrected chi connectivity index (χ0v) is 19.2. The smallest absolute Gasteiger partial charge is 0.254 e. The van der Waals surface area contributed by atoms with E-state index in [1.54, 1.807) is 17.0 Å². The largest absolute Gasteiger partial charge is 0.494 e. The van der Waals surface area contributed by atoms with E-state index in [4.69, 9.17) is 4.74 Å². The molecule has 0 aromatic heterocycles. The molecule has 32 heavy (non-hydrogen) atoms. The normalized spacial score (nSPS) is 17.3. The second kappa shape index (κ2) is 9.74. The molecule has 4 rings (SSSR count). The highest BCUT2D eigenvalue weighted by Gasteiger charge is 2.35. The SMILES string of the molecule is CCCCOc1ccc(C(=O)N(Cc2cccc3ccccc23)[C@H]2CCS(=O)(=O)C2)cc1. The summed E-state index contributed by atoms with van der Waals surface area (Å²) < 4.78 is 30.1. The average molecular weight is 452 g/mol. The molecule has 1 amide bonds. The summed E-state index contributed by atoms with van der Waals surface area (Å²) in [5.74, 6) is 0.724. The molecule has 168 valence electrons. The van der Waals surface area contributed by atoms with Crippen LogP contribution in [0.1, 0.15) is 42.1 Å². The topological polar surface area (TPSA) is 63.7 Å². The van der Waals surface area contributed by atoms with E-state index in [-0.39, 0.29) is 23.5 Å². The first-order chi connectivity index (χ1) is 15.5. The lowest BCUT2D eigenvalue weighted by molar-refractivity contribution is 0.0682. The Labute approximate surface area is 189 Å². The minimum atomic E-state index is -3.12. The second-order valence-electron chi connectivity index (χ2n) is 8.35. The highest BCUT2D eigenvalue weighted by Crippen LogP contribution is 2.26. The Morgan fingerprint density at radius 2 is 1.78 bits per heavy atom. The first kappa shape index (κ1) is 22.3. The average Bonchev–Trinajstić information content (AvgIpc) is 3.17. The molecular weight excluding hydrogens is 422 g/mol. The number of benzene rings is 3. The van der Waals surface area contributed by atoms with E-state index in [9.17, 15) is 13.2 Å². The van der Waals surface area contributed by atoms with Crippen molar-refractivity contribution in [2.75, 3.05) is 18.1 Å². The van der Waals surface area contributed by atoms with Crippen LogP contribution in [0.3, 0.4) is 0 Å². The van der Waals surface area contributed by atoms with Crippen LogP contribution in [0.4, 0.5) is 0 Å². The van der Waals surface area contributed by atoms with Crippen molar-refractivity contribution in [2.45, 2.75) is 38.8 Å². The van der Waals surface area contributed by atoms with Gasteiger partial charge in [0.2, 0.25) is 0 Å². The van der Waals surface area contributed by atoms with Crippen LogP contribution >= 0.6 is 0 Å². The van der Waals surface area contributed by atoms with E-state index in [1.165, 1.54) is 0 Å². The molecule has 0 bridgehead atoms. The van der Waals surface area contributed by atoms with E-state index >= 15 is 0 Å². The third kappa shape index (κ3) is 5.13. The van der Waals surface area contributed by atoms with Crippen molar-refractivity contribution in [3.05, 3.63) is 77.9 Å². The third-order valence-corrected chi connectivity index (χ3v) is 7.75. The fraction of sp³-hybridized carbons (Fsp3) is 0.346. The Morgan fingerprint density at radius 3 is 2.50 bits per heavy atom.